The Labute approximate surface area is 218 Å². The van der Waals surface area contributed by atoms with Crippen molar-refractivity contribution in [2.45, 2.75) is 62.8 Å². The molecule has 0 spiro atoms. The van der Waals surface area contributed by atoms with Gasteiger partial charge in [0.2, 0.25) is 5.91 Å². The van der Waals surface area contributed by atoms with Gasteiger partial charge in [0, 0.05) is 35.9 Å². The van der Waals surface area contributed by atoms with E-state index >= 15 is 0 Å². The number of ether oxygens (including phenoxy) is 1. The van der Waals surface area contributed by atoms with Crippen molar-refractivity contribution in [1.82, 2.24) is 4.90 Å². The number of piperidine rings is 1. The van der Waals surface area contributed by atoms with E-state index in [2.05, 4.69) is 5.32 Å². The largest absolute Gasteiger partial charge is 0.423 e. The van der Waals surface area contributed by atoms with Crippen LogP contribution in [0.15, 0.2) is 42.5 Å². The number of carbonyl (C=O) groups is 1. The fourth-order valence-corrected chi connectivity index (χ4v) is 5.23. The Morgan fingerprint density at radius 2 is 1.70 bits per heavy atom. The van der Waals surface area contributed by atoms with Crippen molar-refractivity contribution in [3.8, 4) is 0 Å². The third-order valence-electron chi connectivity index (χ3n) is 7.18. The van der Waals surface area contributed by atoms with Gasteiger partial charge in [0.25, 0.3) is 5.69 Å². The lowest BCUT2D eigenvalue weighted by molar-refractivity contribution is -0.388. The minimum absolute atomic E-state index is 0.0195. The molecule has 0 aromatic heterocycles. The molecule has 2 aromatic carbocycles. The van der Waals surface area contributed by atoms with E-state index in [1.54, 1.807) is 0 Å². The number of alkyl halides is 3. The summed E-state index contributed by atoms with van der Waals surface area (Å²) in [4.78, 5) is 24.4. The second-order valence-electron chi connectivity index (χ2n) is 9.62. The summed E-state index contributed by atoms with van der Waals surface area (Å²) in [5, 5.41) is 14.7. The lowest BCUT2D eigenvalue weighted by atomic mass is 9.89. The first-order valence-electron chi connectivity index (χ1n) is 12.4. The molecule has 37 heavy (non-hydrogen) atoms. The number of benzene rings is 2. The minimum atomic E-state index is -4.82. The molecule has 2 aromatic rings. The quantitative estimate of drug-likeness (QED) is 0.324. The summed E-state index contributed by atoms with van der Waals surface area (Å²) in [6.45, 7) is 1.38. The van der Waals surface area contributed by atoms with E-state index in [4.69, 9.17) is 16.3 Å². The number of hydrogen-bond acceptors (Lipinski definition) is 5. The van der Waals surface area contributed by atoms with Gasteiger partial charge < -0.3 is 15.0 Å². The van der Waals surface area contributed by atoms with Crippen molar-refractivity contribution in [2.75, 3.05) is 25.0 Å². The number of rotatable bonds is 7. The first-order valence-corrected chi connectivity index (χ1v) is 12.7. The normalized spacial score (nSPS) is 21.0. The van der Waals surface area contributed by atoms with E-state index in [0.29, 0.717) is 49.7 Å². The summed E-state index contributed by atoms with van der Waals surface area (Å²) in [5.74, 6) is 0.383. The zero-order valence-corrected chi connectivity index (χ0v) is 20.9. The van der Waals surface area contributed by atoms with Crippen molar-refractivity contribution in [3.63, 3.8) is 0 Å². The first kappa shape index (κ1) is 27.2. The van der Waals surface area contributed by atoms with E-state index < -0.39 is 22.4 Å². The topological polar surface area (TPSA) is 84.7 Å². The Bertz CT molecular complexity index is 1100. The number of likely N-dealkylation sites (tertiary alicyclic amines) is 1. The summed E-state index contributed by atoms with van der Waals surface area (Å²) >= 11 is 5.97. The summed E-state index contributed by atoms with van der Waals surface area (Å²) < 4.78 is 45.6. The number of nitro groups is 1. The van der Waals surface area contributed by atoms with Gasteiger partial charge in [-0.15, -0.1) is 0 Å². The average molecular weight is 540 g/mol. The fourth-order valence-electron chi connectivity index (χ4n) is 5.10. The van der Waals surface area contributed by atoms with Crippen LogP contribution in [-0.2, 0) is 15.7 Å². The Morgan fingerprint density at radius 1 is 1.05 bits per heavy atom. The second-order valence-corrected chi connectivity index (χ2v) is 10.1. The van der Waals surface area contributed by atoms with Crippen LogP contribution in [0.4, 0.5) is 24.5 Å². The van der Waals surface area contributed by atoms with Crippen molar-refractivity contribution < 1.29 is 27.6 Å². The molecule has 0 unspecified atom stereocenters. The number of amides is 1. The molecule has 1 N–H and O–H groups in total. The van der Waals surface area contributed by atoms with E-state index in [1.807, 2.05) is 29.2 Å². The Hall–Kier alpha value is -2.85. The van der Waals surface area contributed by atoms with Crippen LogP contribution in [0.5, 0.6) is 0 Å². The maximum Gasteiger partial charge on any atom is 0.423 e. The molecule has 1 saturated heterocycles. The maximum absolute atomic E-state index is 13.2. The number of anilines is 1. The molecule has 0 bridgehead atoms. The highest BCUT2D eigenvalue weighted by Gasteiger charge is 2.38. The monoisotopic (exact) mass is 539 g/mol. The third-order valence-corrected chi connectivity index (χ3v) is 7.43. The molecule has 1 aliphatic heterocycles. The van der Waals surface area contributed by atoms with Gasteiger partial charge in [-0.3, -0.25) is 14.9 Å². The number of carbonyl (C=O) groups excluding carboxylic acids is 1. The summed E-state index contributed by atoms with van der Waals surface area (Å²) in [6, 6.07) is 10.7. The molecule has 0 radical (unpaired) electrons. The van der Waals surface area contributed by atoms with Crippen molar-refractivity contribution in [2.24, 2.45) is 0 Å². The van der Waals surface area contributed by atoms with Crippen LogP contribution in [0, 0.1) is 10.1 Å². The van der Waals surface area contributed by atoms with Gasteiger partial charge in [-0.1, -0.05) is 23.7 Å². The predicted octanol–water partition coefficient (Wildman–Crippen LogP) is 6.41. The Morgan fingerprint density at radius 3 is 2.30 bits per heavy atom. The van der Waals surface area contributed by atoms with Gasteiger partial charge in [0.1, 0.15) is 12.2 Å². The molecule has 2 aliphatic rings. The SMILES string of the molecule is O=C(COC1CCC(Nc2ccc([N+](=O)[O-])c(C(F)(F)F)c2)CC1)N1CCC(c2ccc(Cl)cc2)CC1. The highest BCUT2D eigenvalue weighted by molar-refractivity contribution is 6.30. The van der Waals surface area contributed by atoms with Crippen LogP contribution < -0.4 is 5.32 Å². The molecule has 4 rings (SSSR count). The van der Waals surface area contributed by atoms with Gasteiger partial charge in [-0.25, -0.2) is 0 Å². The molecular formula is C26H29ClF3N3O4. The molecule has 1 saturated carbocycles. The van der Waals surface area contributed by atoms with Crippen molar-refractivity contribution in [1.29, 1.82) is 0 Å². The summed E-state index contributed by atoms with van der Waals surface area (Å²) in [7, 11) is 0. The van der Waals surface area contributed by atoms with Crippen LogP contribution in [0.2, 0.25) is 5.02 Å². The van der Waals surface area contributed by atoms with Crippen LogP contribution in [0.1, 0.15) is 55.6 Å². The lowest BCUT2D eigenvalue weighted by Gasteiger charge is -2.33. The molecular weight excluding hydrogens is 511 g/mol. The summed E-state index contributed by atoms with van der Waals surface area (Å²) in [6.07, 6.45) is -0.468. The standard InChI is InChI=1S/C26H29ClF3N3O4/c27-19-3-1-17(2-4-19)18-11-13-32(14-12-18)25(34)16-37-22-8-5-20(6-9-22)31-21-7-10-24(33(35)36)23(15-21)26(28,29)30/h1-4,7,10,15,18,20,22,31H,5-6,8-9,11-14,16H2. The molecule has 1 aliphatic carbocycles. The molecule has 2 fully saturated rings. The van der Waals surface area contributed by atoms with Gasteiger partial charge in [-0.05, 0) is 74.3 Å². The van der Waals surface area contributed by atoms with Gasteiger partial charge in [0.15, 0.2) is 0 Å². The molecule has 7 nitrogen and oxygen atoms in total. The smallest absolute Gasteiger partial charge is 0.382 e. The maximum atomic E-state index is 13.2. The molecule has 1 amide bonds. The zero-order valence-electron chi connectivity index (χ0n) is 20.2. The van der Waals surface area contributed by atoms with Gasteiger partial charge in [-0.2, -0.15) is 13.2 Å². The molecule has 11 heteroatoms. The van der Waals surface area contributed by atoms with Crippen LogP contribution in [0.25, 0.3) is 0 Å². The predicted molar refractivity (Wildman–Crippen MR) is 134 cm³/mol. The molecule has 1 heterocycles. The van der Waals surface area contributed by atoms with E-state index in [9.17, 15) is 28.1 Å². The van der Waals surface area contributed by atoms with E-state index in [-0.39, 0.29) is 30.3 Å². The molecule has 200 valence electrons. The number of nitrogens with zero attached hydrogens (tertiary/aromatic N) is 2. The second kappa shape index (κ2) is 11.7. The summed E-state index contributed by atoms with van der Waals surface area (Å²) in [5.41, 5.74) is -0.801. The fraction of sp³-hybridized carbons (Fsp3) is 0.500. The lowest BCUT2D eigenvalue weighted by Crippen LogP contribution is -2.41. The number of halogens is 4. The van der Waals surface area contributed by atoms with E-state index in [0.717, 1.165) is 25.0 Å². The molecule has 0 atom stereocenters. The van der Waals surface area contributed by atoms with E-state index in [1.165, 1.54) is 11.6 Å². The van der Waals surface area contributed by atoms with Gasteiger partial charge in [0.05, 0.1) is 11.0 Å². The highest BCUT2D eigenvalue weighted by Crippen LogP contribution is 2.38. The van der Waals surface area contributed by atoms with Crippen LogP contribution in [0.3, 0.4) is 0 Å². The number of nitro benzene ring substituents is 1. The number of hydrogen-bond donors (Lipinski definition) is 1. The van der Waals surface area contributed by atoms with Crippen LogP contribution in [-0.4, -0.2) is 47.6 Å². The van der Waals surface area contributed by atoms with Crippen molar-refractivity contribution >= 4 is 28.9 Å². The third kappa shape index (κ3) is 7.13. The van der Waals surface area contributed by atoms with Crippen molar-refractivity contribution in [3.05, 3.63) is 68.7 Å². The Kier molecular flexibility index (Phi) is 8.59. The van der Waals surface area contributed by atoms with Gasteiger partial charge >= 0.3 is 6.18 Å². The average Bonchev–Trinajstić information content (AvgIpc) is 2.88. The highest BCUT2D eigenvalue weighted by atomic mass is 35.5. The zero-order chi connectivity index (χ0) is 26.6. The minimum Gasteiger partial charge on any atom is -0.382 e. The first-order chi connectivity index (χ1) is 17.6. The number of nitrogens with one attached hydrogen (secondary N) is 1. The Balaban J connectivity index is 1.20. The van der Waals surface area contributed by atoms with Crippen LogP contribution >= 0.6 is 11.6 Å².